The number of fused-ring (bicyclic) bond motifs is 1. The number of halogens is 1. The number of carbonyl (C=O) groups is 1. The van der Waals surface area contributed by atoms with E-state index >= 15 is 0 Å². The van der Waals surface area contributed by atoms with Gasteiger partial charge in [0, 0.05) is 60.4 Å². The Balaban J connectivity index is 1.37. The van der Waals surface area contributed by atoms with E-state index in [1.807, 2.05) is 36.4 Å². The van der Waals surface area contributed by atoms with Crippen molar-refractivity contribution in [2.45, 2.75) is 26.4 Å². The summed E-state index contributed by atoms with van der Waals surface area (Å²) in [5.74, 6) is -0.0482. The van der Waals surface area contributed by atoms with Gasteiger partial charge >= 0.3 is 0 Å². The predicted molar refractivity (Wildman–Crippen MR) is 125 cm³/mol. The summed E-state index contributed by atoms with van der Waals surface area (Å²) in [7, 11) is 0. The average Bonchev–Trinajstić information content (AvgIpc) is 3.17. The van der Waals surface area contributed by atoms with E-state index in [4.69, 9.17) is 11.6 Å². The summed E-state index contributed by atoms with van der Waals surface area (Å²) in [5.41, 5.74) is 3.06. The molecule has 3 heterocycles. The van der Waals surface area contributed by atoms with Gasteiger partial charge < -0.3 is 15.6 Å². The summed E-state index contributed by atoms with van der Waals surface area (Å²) in [5, 5.41) is 7.45. The molecule has 0 bridgehead atoms. The number of anilines is 1. The molecule has 0 spiro atoms. The molecule has 0 aliphatic rings. The van der Waals surface area contributed by atoms with Crippen LogP contribution in [0.5, 0.6) is 0 Å². The minimum Gasteiger partial charge on any atom is -0.365 e. The molecule has 4 aromatic rings. The molecule has 3 N–H and O–H groups in total. The van der Waals surface area contributed by atoms with Gasteiger partial charge in [-0.05, 0) is 36.8 Å². The maximum atomic E-state index is 12.8. The van der Waals surface area contributed by atoms with Gasteiger partial charge in [-0.2, -0.15) is 0 Å². The summed E-state index contributed by atoms with van der Waals surface area (Å²) in [6, 6.07) is 11.5. The van der Waals surface area contributed by atoms with Crippen molar-refractivity contribution in [1.82, 2.24) is 24.8 Å². The Morgan fingerprint density at radius 3 is 2.91 bits per heavy atom. The number of aryl methyl sites for hydroxylation is 1. The van der Waals surface area contributed by atoms with E-state index in [-0.39, 0.29) is 23.8 Å². The fourth-order valence-electron chi connectivity index (χ4n) is 3.39. The smallest absolute Gasteiger partial charge is 0.293 e. The summed E-state index contributed by atoms with van der Waals surface area (Å²) in [6.45, 7) is 2.51. The van der Waals surface area contributed by atoms with Gasteiger partial charge in [0.05, 0.1) is 5.02 Å². The number of aromatic amines is 1. The van der Waals surface area contributed by atoms with E-state index in [0.29, 0.717) is 30.2 Å². The number of aromatic nitrogens is 4. The number of benzene rings is 1. The van der Waals surface area contributed by atoms with Gasteiger partial charge in [-0.15, -0.1) is 0 Å². The molecule has 0 aliphatic heterocycles. The number of pyridine rings is 1. The second-order valence-corrected chi connectivity index (χ2v) is 7.84. The average molecular weight is 451 g/mol. The molecular weight excluding hydrogens is 428 g/mol. The molecule has 8 nitrogen and oxygen atoms in total. The summed E-state index contributed by atoms with van der Waals surface area (Å²) >= 11 is 6.16. The minimum absolute atomic E-state index is 0.0880. The first-order valence-corrected chi connectivity index (χ1v) is 10.6. The van der Waals surface area contributed by atoms with Gasteiger partial charge in [0.15, 0.2) is 5.82 Å². The first-order chi connectivity index (χ1) is 15.5. The molecule has 0 atom stereocenters. The SMILES string of the molecule is Cc1cnc(NCCc2ccccn2)c(=O)n1CC(=O)NCc1ccc2[nH]cc(Cl)c2c1. The van der Waals surface area contributed by atoms with Crippen LogP contribution < -0.4 is 16.2 Å². The van der Waals surface area contributed by atoms with Crippen LogP contribution in [0.4, 0.5) is 5.82 Å². The Bertz CT molecular complexity index is 1300. The van der Waals surface area contributed by atoms with Gasteiger partial charge in [-0.3, -0.25) is 19.1 Å². The molecule has 4 rings (SSSR count). The lowest BCUT2D eigenvalue weighted by atomic mass is 10.1. The number of amides is 1. The number of hydrogen-bond donors (Lipinski definition) is 3. The lowest BCUT2D eigenvalue weighted by Crippen LogP contribution is -2.34. The summed E-state index contributed by atoms with van der Waals surface area (Å²) < 4.78 is 1.41. The van der Waals surface area contributed by atoms with Crippen LogP contribution in [0.3, 0.4) is 0 Å². The molecular formula is C23H23ClN6O2. The van der Waals surface area contributed by atoms with Crippen LogP contribution in [-0.2, 0) is 24.3 Å². The molecule has 3 aromatic heterocycles. The highest BCUT2D eigenvalue weighted by molar-refractivity contribution is 6.35. The highest BCUT2D eigenvalue weighted by Gasteiger charge is 2.12. The highest BCUT2D eigenvalue weighted by atomic mass is 35.5. The third kappa shape index (κ3) is 4.97. The van der Waals surface area contributed by atoms with Crippen molar-refractivity contribution in [3.8, 4) is 0 Å². The van der Waals surface area contributed by atoms with Crippen molar-refractivity contribution >= 4 is 34.2 Å². The third-order valence-corrected chi connectivity index (χ3v) is 5.45. The van der Waals surface area contributed by atoms with Crippen molar-refractivity contribution in [2.24, 2.45) is 0 Å². The maximum Gasteiger partial charge on any atom is 0.293 e. The first kappa shape index (κ1) is 21.6. The molecule has 1 amide bonds. The predicted octanol–water partition coefficient (Wildman–Crippen LogP) is 3.05. The van der Waals surface area contributed by atoms with Crippen LogP contribution in [0.25, 0.3) is 10.9 Å². The number of rotatable bonds is 8. The van der Waals surface area contributed by atoms with Gasteiger partial charge in [0.25, 0.3) is 5.56 Å². The number of nitrogens with zero attached hydrogens (tertiary/aromatic N) is 3. The molecule has 0 unspecified atom stereocenters. The molecule has 9 heteroatoms. The van der Waals surface area contributed by atoms with Crippen LogP contribution in [0.15, 0.2) is 59.8 Å². The number of hydrogen-bond acceptors (Lipinski definition) is 5. The first-order valence-electron chi connectivity index (χ1n) is 10.2. The zero-order valence-corrected chi connectivity index (χ0v) is 18.3. The molecule has 0 aliphatic carbocycles. The van der Waals surface area contributed by atoms with Gasteiger partial charge in [0.2, 0.25) is 5.91 Å². The monoisotopic (exact) mass is 450 g/mol. The maximum absolute atomic E-state index is 12.8. The van der Waals surface area contributed by atoms with E-state index in [1.54, 1.807) is 25.5 Å². The van der Waals surface area contributed by atoms with Crippen molar-refractivity contribution in [2.75, 3.05) is 11.9 Å². The fraction of sp³-hybridized carbons (Fsp3) is 0.217. The quantitative estimate of drug-likeness (QED) is 0.382. The lowest BCUT2D eigenvalue weighted by molar-refractivity contribution is -0.121. The largest absolute Gasteiger partial charge is 0.365 e. The summed E-state index contributed by atoms with van der Waals surface area (Å²) in [4.78, 5) is 36.9. The van der Waals surface area contributed by atoms with E-state index in [9.17, 15) is 9.59 Å². The zero-order valence-electron chi connectivity index (χ0n) is 17.6. The van der Waals surface area contributed by atoms with E-state index < -0.39 is 0 Å². The third-order valence-electron chi connectivity index (χ3n) is 5.14. The van der Waals surface area contributed by atoms with Crippen molar-refractivity contribution in [3.05, 3.63) is 87.3 Å². The minimum atomic E-state index is -0.332. The number of H-pyrrole nitrogens is 1. The normalized spacial score (nSPS) is 10.9. The van der Waals surface area contributed by atoms with Gasteiger partial charge in [-0.25, -0.2) is 4.98 Å². The van der Waals surface area contributed by atoms with E-state index in [0.717, 1.165) is 22.2 Å². The van der Waals surface area contributed by atoms with Crippen molar-refractivity contribution in [1.29, 1.82) is 0 Å². The van der Waals surface area contributed by atoms with Crippen molar-refractivity contribution in [3.63, 3.8) is 0 Å². The number of nitrogens with one attached hydrogen (secondary N) is 3. The molecule has 164 valence electrons. The number of carbonyl (C=O) groups excluding carboxylic acids is 1. The Kier molecular flexibility index (Phi) is 6.51. The van der Waals surface area contributed by atoms with E-state index in [2.05, 4.69) is 25.6 Å². The lowest BCUT2D eigenvalue weighted by Gasteiger charge is -2.12. The van der Waals surface area contributed by atoms with Crippen molar-refractivity contribution < 1.29 is 4.79 Å². The standard InChI is InChI=1S/C23H23ClN6O2/c1-15-11-29-22(26-9-7-17-4-2-3-8-25-17)23(32)30(15)14-21(31)28-12-16-5-6-20-18(10-16)19(24)13-27-20/h2-6,8,10-11,13,27H,7,9,12,14H2,1H3,(H,26,29)(H,28,31). The Labute approximate surface area is 189 Å². The molecule has 32 heavy (non-hydrogen) atoms. The van der Waals surface area contributed by atoms with Crippen LogP contribution in [0.2, 0.25) is 5.02 Å². The van der Waals surface area contributed by atoms with Crippen LogP contribution in [0.1, 0.15) is 17.0 Å². The Hall–Kier alpha value is -3.65. The van der Waals surface area contributed by atoms with Crippen LogP contribution in [0, 0.1) is 6.92 Å². The highest BCUT2D eigenvalue weighted by Crippen LogP contribution is 2.23. The molecule has 0 radical (unpaired) electrons. The Morgan fingerprint density at radius 1 is 1.22 bits per heavy atom. The topological polar surface area (TPSA) is 105 Å². The van der Waals surface area contributed by atoms with E-state index in [1.165, 1.54) is 4.57 Å². The fourth-order valence-corrected chi connectivity index (χ4v) is 3.60. The second kappa shape index (κ2) is 9.65. The molecule has 1 aromatic carbocycles. The summed E-state index contributed by atoms with van der Waals surface area (Å²) in [6.07, 6.45) is 5.71. The zero-order chi connectivity index (χ0) is 22.5. The van der Waals surface area contributed by atoms with Crippen LogP contribution >= 0.6 is 11.6 Å². The molecule has 0 fully saturated rings. The second-order valence-electron chi connectivity index (χ2n) is 7.43. The van der Waals surface area contributed by atoms with Gasteiger partial charge in [0.1, 0.15) is 6.54 Å². The Morgan fingerprint density at radius 2 is 2.09 bits per heavy atom. The van der Waals surface area contributed by atoms with Crippen LogP contribution in [-0.4, -0.2) is 32.0 Å². The van der Waals surface area contributed by atoms with Gasteiger partial charge in [-0.1, -0.05) is 23.7 Å². The molecule has 0 saturated heterocycles. The molecule has 0 saturated carbocycles.